The lowest BCUT2D eigenvalue weighted by atomic mass is 9.91. The van der Waals surface area contributed by atoms with Gasteiger partial charge in [0.2, 0.25) is 11.8 Å². The highest BCUT2D eigenvalue weighted by Crippen LogP contribution is 2.28. The third kappa shape index (κ3) is 5.33. The average molecular weight is 435 g/mol. The highest BCUT2D eigenvalue weighted by atomic mass is 16.2. The third-order valence-corrected chi connectivity index (χ3v) is 6.26. The van der Waals surface area contributed by atoms with Crippen molar-refractivity contribution in [2.24, 2.45) is 0 Å². The highest BCUT2D eigenvalue weighted by molar-refractivity contribution is 6.01. The van der Waals surface area contributed by atoms with E-state index in [-0.39, 0.29) is 24.4 Å². The normalized spacial score (nSPS) is 17.0. The number of carbonyl (C=O) groups is 3. The SMILES string of the molecule is Cc1cc(Cc2ccccc2)cc(C2CCN(C(=O)CCCN3C(=O)CNC3=O)CC2)n1. The van der Waals surface area contributed by atoms with E-state index >= 15 is 0 Å². The zero-order chi connectivity index (χ0) is 22.5. The number of carbonyl (C=O) groups excluding carboxylic acids is 3. The molecule has 168 valence electrons. The van der Waals surface area contributed by atoms with Gasteiger partial charge in [0.05, 0.1) is 6.54 Å². The molecule has 0 radical (unpaired) electrons. The molecule has 2 aliphatic heterocycles. The summed E-state index contributed by atoms with van der Waals surface area (Å²) in [4.78, 5) is 43.7. The topological polar surface area (TPSA) is 82.6 Å². The number of piperidine rings is 1. The van der Waals surface area contributed by atoms with Crippen molar-refractivity contribution in [1.82, 2.24) is 20.1 Å². The van der Waals surface area contributed by atoms with Gasteiger partial charge in [-0.3, -0.25) is 19.5 Å². The van der Waals surface area contributed by atoms with Crippen molar-refractivity contribution in [3.63, 3.8) is 0 Å². The number of nitrogens with one attached hydrogen (secondary N) is 1. The van der Waals surface area contributed by atoms with Gasteiger partial charge >= 0.3 is 6.03 Å². The average Bonchev–Trinajstić information content (AvgIpc) is 3.11. The quantitative estimate of drug-likeness (QED) is 0.679. The van der Waals surface area contributed by atoms with E-state index in [0.717, 1.165) is 43.7 Å². The van der Waals surface area contributed by atoms with Crippen molar-refractivity contribution in [3.8, 4) is 0 Å². The minimum absolute atomic E-state index is 0.0559. The molecular weight excluding hydrogens is 404 g/mol. The number of urea groups is 1. The standard InChI is InChI=1S/C25H30N4O3/c1-18-14-20(15-19-6-3-2-4-7-19)16-22(27-18)21-9-12-28(13-10-21)23(30)8-5-11-29-24(31)17-26-25(29)32/h2-4,6-7,14,16,21H,5,8-13,15,17H2,1H3,(H,26,32). The molecule has 2 aliphatic rings. The van der Waals surface area contributed by atoms with E-state index in [0.29, 0.717) is 25.3 Å². The first-order valence-electron chi connectivity index (χ1n) is 11.4. The van der Waals surface area contributed by atoms with Crippen molar-refractivity contribution in [3.05, 3.63) is 65.0 Å². The number of hydrogen-bond acceptors (Lipinski definition) is 4. The molecule has 2 saturated heterocycles. The van der Waals surface area contributed by atoms with Crippen LogP contribution in [0, 0.1) is 6.92 Å². The van der Waals surface area contributed by atoms with Crippen LogP contribution in [0.15, 0.2) is 42.5 Å². The molecule has 4 rings (SSSR count). The van der Waals surface area contributed by atoms with Crippen LogP contribution in [-0.4, -0.2) is 58.8 Å². The summed E-state index contributed by atoms with van der Waals surface area (Å²) in [5, 5.41) is 2.50. The second-order valence-electron chi connectivity index (χ2n) is 8.67. The molecule has 0 bridgehead atoms. The van der Waals surface area contributed by atoms with E-state index in [4.69, 9.17) is 4.98 Å². The maximum atomic E-state index is 12.6. The summed E-state index contributed by atoms with van der Waals surface area (Å²) in [6, 6.07) is 14.5. The molecule has 1 N–H and O–H groups in total. The van der Waals surface area contributed by atoms with Gasteiger partial charge in [-0.25, -0.2) is 4.79 Å². The number of aryl methyl sites for hydroxylation is 1. The predicted molar refractivity (Wildman–Crippen MR) is 121 cm³/mol. The molecule has 1 aromatic carbocycles. The Hall–Kier alpha value is -3.22. The smallest absolute Gasteiger partial charge is 0.324 e. The van der Waals surface area contributed by atoms with Crippen LogP contribution in [-0.2, 0) is 16.0 Å². The molecule has 0 unspecified atom stereocenters. The van der Waals surface area contributed by atoms with Crippen LogP contribution in [0.25, 0.3) is 0 Å². The first-order chi connectivity index (χ1) is 15.5. The number of hydrogen-bond donors (Lipinski definition) is 1. The van der Waals surface area contributed by atoms with Gasteiger partial charge in [0.1, 0.15) is 0 Å². The van der Waals surface area contributed by atoms with Crippen molar-refractivity contribution in [2.75, 3.05) is 26.2 Å². The first kappa shape index (κ1) is 22.0. The van der Waals surface area contributed by atoms with E-state index in [2.05, 4.69) is 41.7 Å². The lowest BCUT2D eigenvalue weighted by Crippen LogP contribution is -2.38. The van der Waals surface area contributed by atoms with Crippen molar-refractivity contribution in [2.45, 2.75) is 44.9 Å². The lowest BCUT2D eigenvalue weighted by Gasteiger charge is -2.32. The molecular formula is C25H30N4O3. The molecule has 32 heavy (non-hydrogen) atoms. The van der Waals surface area contributed by atoms with Crippen LogP contribution >= 0.6 is 0 Å². The van der Waals surface area contributed by atoms with Gasteiger partial charge in [0, 0.05) is 43.4 Å². The summed E-state index contributed by atoms with van der Waals surface area (Å²) in [6.45, 7) is 3.83. The first-order valence-corrected chi connectivity index (χ1v) is 11.4. The Bertz CT molecular complexity index is 968. The van der Waals surface area contributed by atoms with Crippen LogP contribution in [0.3, 0.4) is 0 Å². The summed E-state index contributed by atoms with van der Waals surface area (Å²) < 4.78 is 0. The molecule has 2 fully saturated rings. The number of imide groups is 1. The number of nitrogens with zero attached hydrogens (tertiary/aromatic N) is 3. The van der Waals surface area contributed by atoms with E-state index < -0.39 is 0 Å². The van der Waals surface area contributed by atoms with Gasteiger partial charge in [-0.15, -0.1) is 0 Å². The van der Waals surface area contributed by atoms with Crippen LogP contribution in [0.5, 0.6) is 0 Å². The summed E-state index contributed by atoms with van der Waals surface area (Å²) in [7, 11) is 0. The number of likely N-dealkylation sites (tertiary alicyclic amines) is 1. The Balaban J connectivity index is 1.28. The molecule has 0 atom stereocenters. The van der Waals surface area contributed by atoms with Crippen LogP contribution in [0.4, 0.5) is 4.79 Å². The summed E-state index contributed by atoms with van der Waals surface area (Å²) >= 11 is 0. The number of pyridine rings is 1. The van der Waals surface area contributed by atoms with Gasteiger partial charge in [0.25, 0.3) is 0 Å². The number of rotatable bonds is 7. The van der Waals surface area contributed by atoms with Gasteiger partial charge < -0.3 is 10.2 Å². The van der Waals surface area contributed by atoms with Gasteiger partial charge in [-0.1, -0.05) is 30.3 Å². The molecule has 7 heteroatoms. The van der Waals surface area contributed by atoms with Crippen LogP contribution < -0.4 is 5.32 Å². The zero-order valence-electron chi connectivity index (χ0n) is 18.5. The molecule has 1 aromatic heterocycles. The Morgan fingerprint density at radius 2 is 1.84 bits per heavy atom. The zero-order valence-corrected chi connectivity index (χ0v) is 18.5. The van der Waals surface area contributed by atoms with E-state index in [1.165, 1.54) is 16.0 Å². The number of aromatic nitrogens is 1. The Morgan fingerprint density at radius 3 is 2.53 bits per heavy atom. The van der Waals surface area contributed by atoms with Gasteiger partial charge in [-0.05, 0) is 55.9 Å². The van der Waals surface area contributed by atoms with Crippen molar-refractivity contribution >= 4 is 17.8 Å². The van der Waals surface area contributed by atoms with Crippen molar-refractivity contribution in [1.29, 1.82) is 0 Å². The molecule has 4 amide bonds. The molecule has 0 saturated carbocycles. The Kier molecular flexibility index (Phi) is 6.83. The second kappa shape index (κ2) is 9.94. The van der Waals surface area contributed by atoms with Gasteiger partial charge in [0.15, 0.2) is 0 Å². The van der Waals surface area contributed by atoms with E-state index in [9.17, 15) is 14.4 Å². The lowest BCUT2D eigenvalue weighted by molar-refractivity contribution is -0.133. The Labute approximate surface area is 188 Å². The van der Waals surface area contributed by atoms with Gasteiger partial charge in [-0.2, -0.15) is 0 Å². The molecule has 2 aromatic rings. The van der Waals surface area contributed by atoms with E-state index in [1.807, 2.05) is 17.9 Å². The number of amides is 4. The third-order valence-electron chi connectivity index (χ3n) is 6.26. The number of benzene rings is 1. The van der Waals surface area contributed by atoms with Crippen LogP contribution in [0.1, 0.15) is 54.1 Å². The molecule has 3 heterocycles. The minimum atomic E-state index is -0.361. The highest BCUT2D eigenvalue weighted by Gasteiger charge is 2.29. The molecule has 0 aliphatic carbocycles. The maximum absolute atomic E-state index is 12.6. The second-order valence-corrected chi connectivity index (χ2v) is 8.67. The fourth-order valence-electron chi connectivity index (χ4n) is 4.56. The minimum Gasteiger partial charge on any atom is -0.343 e. The summed E-state index contributed by atoms with van der Waals surface area (Å²) in [6.07, 6.45) is 3.55. The fourth-order valence-corrected chi connectivity index (χ4v) is 4.56. The summed E-state index contributed by atoms with van der Waals surface area (Å²) in [5.41, 5.74) is 4.73. The van der Waals surface area contributed by atoms with Crippen molar-refractivity contribution < 1.29 is 14.4 Å². The van der Waals surface area contributed by atoms with Crippen LogP contribution in [0.2, 0.25) is 0 Å². The molecule has 7 nitrogen and oxygen atoms in total. The molecule has 0 spiro atoms. The predicted octanol–water partition coefficient (Wildman–Crippen LogP) is 3.02. The summed E-state index contributed by atoms with van der Waals surface area (Å²) in [5.74, 6) is 0.234. The largest absolute Gasteiger partial charge is 0.343 e. The van der Waals surface area contributed by atoms with E-state index in [1.54, 1.807) is 0 Å². The monoisotopic (exact) mass is 434 g/mol. The Morgan fingerprint density at radius 1 is 1.09 bits per heavy atom. The maximum Gasteiger partial charge on any atom is 0.324 e. The fraction of sp³-hybridized carbons (Fsp3) is 0.440.